The first-order valence-electron chi connectivity index (χ1n) is 5.93. The highest BCUT2D eigenvalue weighted by atomic mass is 79.9. The Balaban J connectivity index is 2.10. The molecular weight excluding hydrogens is 292 g/mol. The monoisotopic (exact) mass is 306 g/mol. The van der Waals surface area contributed by atoms with Gasteiger partial charge in [0.15, 0.2) is 10.5 Å². The van der Waals surface area contributed by atoms with Crippen LogP contribution in [0.25, 0.3) is 0 Å². The van der Waals surface area contributed by atoms with Crippen molar-refractivity contribution in [3.8, 4) is 0 Å². The number of carbonyl (C=O) groups is 1. The molecule has 0 aliphatic heterocycles. The van der Waals surface area contributed by atoms with Crippen LogP contribution in [0.15, 0.2) is 45.7 Å². The number of halogens is 1. The van der Waals surface area contributed by atoms with Gasteiger partial charge in [0, 0.05) is 6.42 Å². The average molecular weight is 307 g/mol. The van der Waals surface area contributed by atoms with Crippen molar-refractivity contribution >= 4 is 21.7 Å². The molecule has 0 N–H and O–H groups in total. The number of Topliss-reactive ketones (excluding diaryl/α,β-unsaturated/α-hetero) is 1. The van der Waals surface area contributed by atoms with E-state index in [-0.39, 0.29) is 5.78 Å². The lowest BCUT2D eigenvalue weighted by atomic mass is 9.99. The van der Waals surface area contributed by atoms with Crippen LogP contribution in [-0.2, 0) is 6.42 Å². The maximum absolute atomic E-state index is 12.0. The number of ketones is 1. The molecule has 1 aromatic heterocycles. The van der Waals surface area contributed by atoms with Gasteiger partial charge in [-0.2, -0.15) is 0 Å². The van der Waals surface area contributed by atoms with Gasteiger partial charge in [0.2, 0.25) is 0 Å². The van der Waals surface area contributed by atoms with Crippen LogP contribution in [0.5, 0.6) is 0 Å². The van der Waals surface area contributed by atoms with Gasteiger partial charge in [0.25, 0.3) is 0 Å². The summed E-state index contributed by atoms with van der Waals surface area (Å²) >= 11 is 3.22. The van der Waals surface area contributed by atoms with Crippen LogP contribution in [0, 0.1) is 0 Å². The maximum Gasteiger partial charge on any atom is 0.179 e. The van der Waals surface area contributed by atoms with Crippen molar-refractivity contribution in [2.45, 2.75) is 26.2 Å². The summed E-state index contributed by atoms with van der Waals surface area (Å²) < 4.78 is 5.58. The van der Waals surface area contributed by atoms with E-state index < -0.39 is 0 Å². The largest absolute Gasteiger partial charge is 0.457 e. The first kappa shape index (κ1) is 13.1. The Morgan fingerprint density at radius 2 is 1.89 bits per heavy atom. The van der Waals surface area contributed by atoms with E-state index in [0.29, 0.717) is 22.6 Å². The van der Waals surface area contributed by atoms with E-state index in [1.807, 2.05) is 12.1 Å². The highest BCUT2D eigenvalue weighted by molar-refractivity contribution is 9.10. The van der Waals surface area contributed by atoms with Gasteiger partial charge in [0.05, 0.1) is 11.8 Å². The summed E-state index contributed by atoms with van der Waals surface area (Å²) in [6.45, 7) is 4.31. The standard InChI is InChI=1S/C15H15BrO2/c1-10(2)12-5-3-11(4-6-12)9-14(17)13-7-8-18-15(13)16/h3-8,10H,9H2,1-2H3. The Kier molecular flexibility index (Phi) is 4.02. The van der Waals surface area contributed by atoms with Crippen LogP contribution in [-0.4, -0.2) is 5.78 Å². The van der Waals surface area contributed by atoms with Crippen LogP contribution in [0.3, 0.4) is 0 Å². The lowest BCUT2D eigenvalue weighted by molar-refractivity contribution is 0.0991. The molecule has 0 saturated carbocycles. The van der Waals surface area contributed by atoms with E-state index >= 15 is 0 Å². The summed E-state index contributed by atoms with van der Waals surface area (Å²) in [6.07, 6.45) is 1.91. The van der Waals surface area contributed by atoms with E-state index in [0.717, 1.165) is 5.56 Å². The minimum atomic E-state index is 0.0629. The number of furan rings is 1. The molecular formula is C15H15BrO2. The second kappa shape index (κ2) is 5.53. The van der Waals surface area contributed by atoms with Gasteiger partial charge in [-0.15, -0.1) is 0 Å². The summed E-state index contributed by atoms with van der Waals surface area (Å²) in [5, 5.41) is 0. The Morgan fingerprint density at radius 3 is 2.39 bits per heavy atom. The fraction of sp³-hybridized carbons (Fsp3) is 0.267. The van der Waals surface area contributed by atoms with Gasteiger partial charge in [-0.25, -0.2) is 0 Å². The van der Waals surface area contributed by atoms with Gasteiger partial charge in [-0.3, -0.25) is 4.79 Å². The first-order valence-corrected chi connectivity index (χ1v) is 6.72. The molecule has 3 heteroatoms. The van der Waals surface area contributed by atoms with Crippen LogP contribution in [0.1, 0.15) is 41.3 Å². The molecule has 0 radical (unpaired) electrons. The lowest BCUT2D eigenvalue weighted by Crippen LogP contribution is -2.03. The number of hydrogen-bond acceptors (Lipinski definition) is 2. The molecule has 0 amide bonds. The Labute approximate surface area is 115 Å². The molecule has 1 aromatic carbocycles. The third-order valence-electron chi connectivity index (χ3n) is 2.93. The Morgan fingerprint density at radius 1 is 1.22 bits per heavy atom. The normalized spacial score (nSPS) is 10.9. The zero-order valence-electron chi connectivity index (χ0n) is 10.4. The minimum absolute atomic E-state index is 0.0629. The van der Waals surface area contributed by atoms with Crippen molar-refractivity contribution in [2.75, 3.05) is 0 Å². The first-order chi connectivity index (χ1) is 8.58. The molecule has 0 bridgehead atoms. The minimum Gasteiger partial charge on any atom is -0.457 e. The summed E-state index contributed by atoms with van der Waals surface area (Å²) in [4.78, 5) is 12.0. The van der Waals surface area contributed by atoms with E-state index in [2.05, 4.69) is 41.9 Å². The quantitative estimate of drug-likeness (QED) is 0.773. The Hall–Kier alpha value is -1.35. The fourth-order valence-electron chi connectivity index (χ4n) is 1.79. The van der Waals surface area contributed by atoms with E-state index in [4.69, 9.17) is 4.42 Å². The van der Waals surface area contributed by atoms with Gasteiger partial charge in [0.1, 0.15) is 0 Å². The molecule has 0 spiro atoms. The molecule has 2 aromatic rings. The number of carbonyl (C=O) groups excluding carboxylic acids is 1. The van der Waals surface area contributed by atoms with Crippen molar-refractivity contribution in [1.82, 2.24) is 0 Å². The van der Waals surface area contributed by atoms with Crippen LogP contribution in [0.4, 0.5) is 0 Å². The molecule has 18 heavy (non-hydrogen) atoms. The predicted molar refractivity (Wildman–Crippen MR) is 75.0 cm³/mol. The summed E-state index contributed by atoms with van der Waals surface area (Å²) in [5.41, 5.74) is 2.91. The van der Waals surface area contributed by atoms with E-state index in [1.54, 1.807) is 6.07 Å². The number of hydrogen-bond donors (Lipinski definition) is 0. The van der Waals surface area contributed by atoms with E-state index in [9.17, 15) is 4.79 Å². The van der Waals surface area contributed by atoms with Gasteiger partial charge >= 0.3 is 0 Å². The van der Waals surface area contributed by atoms with Gasteiger partial charge in [-0.1, -0.05) is 38.1 Å². The van der Waals surface area contributed by atoms with Crippen molar-refractivity contribution in [3.05, 3.63) is 58.0 Å². The second-order valence-electron chi connectivity index (χ2n) is 4.60. The fourth-order valence-corrected chi connectivity index (χ4v) is 2.26. The van der Waals surface area contributed by atoms with Crippen molar-refractivity contribution in [2.24, 2.45) is 0 Å². The highest BCUT2D eigenvalue weighted by Crippen LogP contribution is 2.20. The van der Waals surface area contributed by atoms with Crippen molar-refractivity contribution in [1.29, 1.82) is 0 Å². The van der Waals surface area contributed by atoms with Crippen molar-refractivity contribution < 1.29 is 9.21 Å². The number of rotatable bonds is 4. The highest BCUT2D eigenvalue weighted by Gasteiger charge is 2.13. The molecule has 2 nitrogen and oxygen atoms in total. The van der Waals surface area contributed by atoms with Crippen LogP contribution >= 0.6 is 15.9 Å². The molecule has 94 valence electrons. The third kappa shape index (κ3) is 2.91. The zero-order chi connectivity index (χ0) is 13.1. The topological polar surface area (TPSA) is 30.2 Å². The molecule has 2 rings (SSSR count). The molecule has 0 atom stereocenters. The zero-order valence-corrected chi connectivity index (χ0v) is 12.0. The second-order valence-corrected chi connectivity index (χ2v) is 5.32. The molecule has 0 aliphatic rings. The summed E-state index contributed by atoms with van der Waals surface area (Å²) in [7, 11) is 0. The summed E-state index contributed by atoms with van der Waals surface area (Å²) in [5.74, 6) is 0.575. The summed E-state index contributed by atoms with van der Waals surface area (Å²) in [6, 6.07) is 9.88. The molecule has 0 saturated heterocycles. The average Bonchev–Trinajstić information content (AvgIpc) is 2.76. The SMILES string of the molecule is CC(C)c1ccc(CC(=O)c2ccoc2Br)cc1. The molecule has 0 unspecified atom stereocenters. The Bertz CT molecular complexity index is 538. The van der Waals surface area contributed by atoms with E-state index in [1.165, 1.54) is 11.8 Å². The van der Waals surface area contributed by atoms with Gasteiger partial charge < -0.3 is 4.42 Å². The van der Waals surface area contributed by atoms with Gasteiger partial charge in [-0.05, 0) is 39.0 Å². The third-order valence-corrected chi connectivity index (χ3v) is 3.54. The maximum atomic E-state index is 12.0. The van der Waals surface area contributed by atoms with Crippen molar-refractivity contribution in [3.63, 3.8) is 0 Å². The molecule has 0 fully saturated rings. The number of benzene rings is 1. The lowest BCUT2D eigenvalue weighted by Gasteiger charge is -2.06. The predicted octanol–water partition coefficient (Wildman–Crippen LogP) is 4.59. The molecule has 1 heterocycles. The molecule has 0 aliphatic carbocycles. The van der Waals surface area contributed by atoms with Crippen LogP contribution < -0.4 is 0 Å². The smallest absolute Gasteiger partial charge is 0.179 e. The van der Waals surface area contributed by atoms with Crippen LogP contribution in [0.2, 0.25) is 0 Å².